The quantitative estimate of drug-likeness (QED) is 0.867. The number of hydrogen-bond acceptors (Lipinski definition) is 3. The Morgan fingerprint density at radius 1 is 1.24 bits per heavy atom. The molecule has 1 aromatic heterocycles. The summed E-state index contributed by atoms with van der Waals surface area (Å²) in [5.41, 5.74) is -1.73. The zero-order valence-corrected chi connectivity index (χ0v) is 9.06. The van der Waals surface area contributed by atoms with Gasteiger partial charge in [-0.3, -0.25) is 9.97 Å². The second-order valence-electron chi connectivity index (χ2n) is 3.76. The van der Waals surface area contributed by atoms with Crippen LogP contribution in [0.5, 0.6) is 0 Å². The Kier molecular flexibility index (Phi) is 2.85. The highest BCUT2D eigenvalue weighted by Crippen LogP contribution is 2.29. The van der Waals surface area contributed by atoms with Crippen LogP contribution in [0.15, 0.2) is 36.8 Å². The van der Waals surface area contributed by atoms with Gasteiger partial charge < -0.3 is 5.11 Å². The van der Waals surface area contributed by atoms with E-state index in [1.807, 2.05) is 0 Å². The Balaban J connectivity index is 2.56. The van der Waals surface area contributed by atoms with E-state index < -0.39 is 17.2 Å². The second-order valence-corrected chi connectivity index (χ2v) is 3.76. The van der Waals surface area contributed by atoms with Crippen LogP contribution in [0.2, 0.25) is 0 Å². The summed E-state index contributed by atoms with van der Waals surface area (Å²) in [5, 5.41) is 10.3. The van der Waals surface area contributed by atoms with Gasteiger partial charge in [0.25, 0.3) is 0 Å². The molecule has 0 aliphatic rings. The summed E-state index contributed by atoms with van der Waals surface area (Å²) < 4.78 is 26.7. The largest absolute Gasteiger partial charge is 0.379 e. The summed E-state index contributed by atoms with van der Waals surface area (Å²) in [7, 11) is 0. The van der Waals surface area contributed by atoms with Crippen LogP contribution in [0.1, 0.15) is 18.2 Å². The number of rotatable bonds is 2. The van der Waals surface area contributed by atoms with Crippen LogP contribution in [0.4, 0.5) is 8.78 Å². The summed E-state index contributed by atoms with van der Waals surface area (Å²) >= 11 is 0. The van der Waals surface area contributed by atoms with Crippen molar-refractivity contribution in [1.82, 2.24) is 9.97 Å². The normalized spacial score (nSPS) is 14.4. The summed E-state index contributed by atoms with van der Waals surface area (Å²) in [6.45, 7) is 1.34. The Bertz CT molecular complexity index is 529. The molecule has 3 nitrogen and oxygen atoms in total. The lowest BCUT2D eigenvalue weighted by Gasteiger charge is -2.23. The zero-order chi connectivity index (χ0) is 12.5. The number of benzene rings is 1. The van der Waals surface area contributed by atoms with Gasteiger partial charge in [-0.05, 0) is 13.0 Å². The number of hydrogen-bond donors (Lipinski definition) is 1. The lowest BCUT2D eigenvalue weighted by molar-refractivity contribution is 0.0918. The molecule has 1 N–H and O–H groups in total. The van der Waals surface area contributed by atoms with Gasteiger partial charge in [0.2, 0.25) is 0 Å². The fraction of sp³-hybridized carbons (Fsp3) is 0.167. The SMILES string of the molecule is CC(O)(c1cnccn1)c1cccc(F)c1F. The molecule has 88 valence electrons. The van der Waals surface area contributed by atoms with Gasteiger partial charge in [0, 0.05) is 18.0 Å². The smallest absolute Gasteiger partial charge is 0.165 e. The zero-order valence-electron chi connectivity index (χ0n) is 9.06. The molecule has 0 amide bonds. The minimum Gasteiger partial charge on any atom is -0.379 e. The van der Waals surface area contributed by atoms with Gasteiger partial charge >= 0.3 is 0 Å². The van der Waals surface area contributed by atoms with Crippen molar-refractivity contribution in [3.05, 3.63) is 59.7 Å². The highest BCUT2D eigenvalue weighted by Gasteiger charge is 2.31. The highest BCUT2D eigenvalue weighted by atomic mass is 19.2. The molecular weight excluding hydrogens is 226 g/mol. The van der Waals surface area contributed by atoms with Gasteiger partial charge in [-0.1, -0.05) is 12.1 Å². The first kappa shape index (κ1) is 11.6. The molecule has 0 radical (unpaired) electrons. The van der Waals surface area contributed by atoms with Gasteiger partial charge in [-0.25, -0.2) is 8.78 Å². The minimum absolute atomic E-state index is 0.157. The average Bonchev–Trinajstić information content (AvgIpc) is 2.33. The molecule has 2 rings (SSSR count). The third-order valence-electron chi connectivity index (χ3n) is 2.54. The van der Waals surface area contributed by atoms with Crippen LogP contribution in [0.3, 0.4) is 0 Å². The molecule has 0 aliphatic heterocycles. The molecule has 0 aliphatic carbocycles. The third kappa shape index (κ3) is 2.01. The van der Waals surface area contributed by atoms with Gasteiger partial charge in [0.15, 0.2) is 11.6 Å². The molecule has 0 saturated heterocycles. The Hall–Kier alpha value is -1.88. The molecular formula is C12H10F2N2O. The Morgan fingerprint density at radius 3 is 2.65 bits per heavy atom. The van der Waals surface area contributed by atoms with Crippen LogP contribution < -0.4 is 0 Å². The molecule has 0 saturated carbocycles. The molecule has 5 heteroatoms. The standard InChI is InChI=1S/C12H10F2N2O/c1-12(17,10-7-15-5-6-16-10)8-3-2-4-9(13)11(8)14/h2-7,17H,1H3. The van der Waals surface area contributed by atoms with Crippen molar-refractivity contribution in [3.8, 4) is 0 Å². The van der Waals surface area contributed by atoms with Crippen molar-refractivity contribution in [2.24, 2.45) is 0 Å². The topological polar surface area (TPSA) is 46.0 Å². The number of nitrogens with zero attached hydrogens (tertiary/aromatic N) is 2. The Morgan fingerprint density at radius 2 is 2.00 bits per heavy atom. The van der Waals surface area contributed by atoms with E-state index in [0.29, 0.717) is 0 Å². The van der Waals surface area contributed by atoms with Crippen molar-refractivity contribution in [2.45, 2.75) is 12.5 Å². The second kappa shape index (κ2) is 4.18. The van der Waals surface area contributed by atoms with E-state index in [1.165, 1.54) is 37.6 Å². The molecule has 1 atom stereocenters. The van der Waals surface area contributed by atoms with Gasteiger partial charge in [0.1, 0.15) is 5.60 Å². The fourth-order valence-corrected chi connectivity index (χ4v) is 1.57. The molecule has 1 aromatic carbocycles. The van der Waals surface area contributed by atoms with Crippen LogP contribution in [0, 0.1) is 11.6 Å². The molecule has 0 spiro atoms. The minimum atomic E-state index is -1.72. The van der Waals surface area contributed by atoms with Crippen LogP contribution >= 0.6 is 0 Å². The predicted molar refractivity (Wildman–Crippen MR) is 57.1 cm³/mol. The first-order valence-electron chi connectivity index (χ1n) is 4.97. The van der Waals surface area contributed by atoms with Crippen molar-refractivity contribution >= 4 is 0 Å². The van der Waals surface area contributed by atoms with Crippen molar-refractivity contribution in [1.29, 1.82) is 0 Å². The number of aromatic nitrogens is 2. The lowest BCUT2D eigenvalue weighted by atomic mass is 9.92. The monoisotopic (exact) mass is 236 g/mol. The molecule has 1 unspecified atom stereocenters. The third-order valence-corrected chi connectivity index (χ3v) is 2.54. The van der Waals surface area contributed by atoms with Gasteiger partial charge in [-0.2, -0.15) is 0 Å². The molecule has 1 heterocycles. The van der Waals surface area contributed by atoms with E-state index in [-0.39, 0.29) is 11.3 Å². The van der Waals surface area contributed by atoms with E-state index >= 15 is 0 Å². The lowest BCUT2D eigenvalue weighted by Crippen LogP contribution is -2.26. The van der Waals surface area contributed by atoms with Gasteiger partial charge in [-0.15, -0.1) is 0 Å². The fourth-order valence-electron chi connectivity index (χ4n) is 1.57. The maximum absolute atomic E-state index is 13.6. The maximum atomic E-state index is 13.6. The van der Waals surface area contributed by atoms with E-state index in [1.54, 1.807) is 0 Å². The van der Waals surface area contributed by atoms with Crippen molar-refractivity contribution in [2.75, 3.05) is 0 Å². The highest BCUT2D eigenvalue weighted by molar-refractivity contribution is 5.31. The van der Waals surface area contributed by atoms with Crippen LogP contribution in [0.25, 0.3) is 0 Å². The number of halogens is 2. The molecule has 0 fully saturated rings. The summed E-state index contributed by atoms with van der Waals surface area (Å²) in [6, 6.07) is 3.64. The molecule has 2 aromatic rings. The van der Waals surface area contributed by atoms with Crippen LogP contribution in [-0.2, 0) is 5.60 Å². The van der Waals surface area contributed by atoms with E-state index in [9.17, 15) is 13.9 Å². The summed E-state index contributed by atoms with van der Waals surface area (Å²) in [5.74, 6) is -2.09. The maximum Gasteiger partial charge on any atom is 0.165 e. The first-order chi connectivity index (χ1) is 8.03. The van der Waals surface area contributed by atoms with Gasteiger partial charge in [0.05, 0.1) is 11.9 Å². The van der Waals surface area contributed by atoms with Crippen LogP contribution in [-0.4, -0.2) is 15.1 Å². The Labute approximate surface area is 96.8 Å². The van der Waals surface area contributed by atoms with E-state index in [0.717, 1.165) is 6.07 Å². The first-order valence-corrected chi connectivity index (χ1v) is 4.97. The summed E-state index contributed by atoms with van der Waals surface area (Å²) in [6.07, 6.45) is 4.12. The van der Waals surface area contributed by atoms with E-state index in [2.05, 4.69) is 9.97 Å². The van der Waals surface area contributed by atoms with E-state index in [4.69, 9.17) is 0 Å². The average molecular weight is 236 g/mol. The van der Waals surface area contributed by atoms with Crippen molar-refractivity contribution < 1.29 is 13.9 Å². The predicted octanol–water partition coefficient (Wildman–Crippen LogP) is 2.01. The number of aliphatic hydroxyl groups is 1. The molecule has 0 bridgehead atoms. The summed E-state index contributed by atoms with van der Waals surface area (Å²) in [4.78, 5) is 7.69. The van der Waals surface area contributed by atoms with Crippen molar-refractivity contribution in [3.63, 3.8) is 0 Å². The molecule has 17 heavy (non-hydrogen) atoms.